The summed E-state index contributed by atoms with van der Waals surface area (Å²) in [5, 5.41) is 11.3. The van der Waals surface area contributed by atoms with Crippen LogP contribution in [-0.4, -0.2) is 42.0 Å². The molecule has 1 aliphatic rings. The number of Topliss-reactive ketones (excluding diaryl/α,β-unsaturated/α-hetero) is 1. The largest absolute Gasteiger partial charge is 0.507 e. The molecular formula is C28H27NO7. The number of carbonyl (C=O) groups is 2. The fraction of sp³-hybridized carbons (Fsp3) is 0.214. The number of likely N-dealkylation sites (tertiary alicyclic amines) is 1. The summed E-state index contributed by atoms with van der Waals surface area (Å²) in [4.78, 5) is 27.8. The predicted molar refractivity (Wildman–Crippen MR) is 133 cm³/mol. The fourth-order valence-electron chi connectivity index (χ4n) is 4.11. The highest BCUT2D eigenvalue weighted by Crippen LogP contribution is 2.42. The molecule has 1 aromatic heterocycles. The third-order valence-corrected chi connectivity index (χ3v) is 5.75. The van der Waals surface area contributed by atoms with Gasteiger partial charge in [0, 0.05) is 5.56 Å². The van der Waals surface area contributed by atoms with Crippen molar-refractivity contribution >= 4 is 17.4 Å². The molecule has 2 aromatic carbocycles. The number of amides is 1. The highest BCUT2D eigenvalue weighted by atomic mass is 16.5. The van der Waals surface area contributed by atoms with Crippen LogP contribution in [0.2, 0.25) is 0 Å². The molecule has 0 saturated carbocycles. The van der Waals surface area contributed by atoms with Crippen molar-refractivity contribution in [2.75, 3.05) is 20.3 Å². The van der Waals surface area contributed by atoms with Crippen molar-refractivity contribution in [3.05, 3.63) is 96.0 Å². The van der Waals surface area contributed by atoms with E-state index in [9.17, 15) is 14.7 Å². The van der Waals surface area contributed by atoms with Crippen molar-refractivity contribution in [2.45, 2.75) is 19.5 Å². The van der Waals surface area contributed by atoms with Crippen molar-refractivity contribution in [2.24, 2.45) is 0 Å². The maximum absolute atomic E-state index is 13.2. The first-order valence-corrected chi connectivity index (χ1v) is 11.4. The van der Waals surface area contributed by atoms with Crippen LogP contribution in [-0.2, 0) is 16.1 Å². The predicted octanol–water partition coefficient (Wildman–Crippen LogP) is 4.87. The Hall–Kier alpha value is -4.46. The number of hydrogen-bond donors (Lipinski definition) is 1. The third-order valence-electron chi connectivity index (χ3n) is 5.75. The van der Waals surface area contributed by atoms with E-state index in [0.29, 0.717) is 47.3 Å². The van der Waals surface area contributed by atoms with E-state index in [1.54, 1.807) is 60.7 Å². The zero-order chi connectivity index (χ0) is 25.7. The Morgan fingerprint density at radius 3 is 2.53 bits per heavy atom. The van der Waals surface area contributed by atoms with Crippen molar-refractivity contribution < 1.29 is 33.3 Å². The molecule has 186 valence electrons. The Bertz CT molecular complexity index is 1280. The Kier molecular flexibility index (Phi) is 7.44. The number of furan rings is 1. The summed E-state index contributed by atoms with van der Waals surface area (Å²) >= 11 is 0. The highest BCUT2D eigenvalue weighted by molar-refractivity contribution is 6.46. The molecular weight excluding hydrogens is 462 g/mol. The lowest BCUT2D eigenvalue weighted by molar-refractivity contribution is -0.140. The van der Waals surface area contributed by atoms with Crippen LogP contribution in [0.5, 0.6) is 17.2 Å². The van der Waals surface area contributed by atoms with E-state index >= 15 is 0 Å². The summed E-state index contributed by atoms with van der Waals surface area (Å²) in [7, 11) is 1.51. The van der Waals surface area contributed by atoms with Crippen LogP contribution in [0.15, 0.2) is 83.5 Å². The van der Waals surface area contributed by atoms with Crippen molar-refractivity contribution in [3.63, 3.8) is 0 Å². The quantitative estimate of drug-likeness (QED) is 0.188. The van der Waals surface area contributed by atoms with Crippen LogP contribution in [0.4, 0.5) is 0 Å². The molecule has 1 N–H and O–H groups in total. The number of hydrogen-bond acceptors (Lipinski definition) is 7. The second-order valence-corrected chi connectivity index (χ2v) is 7.97. The summed E-state index contributed by atoms with van der Waals surface area (Å²) in [5.41, 5.74) is 0.922. The molecule has 1 atom stereocenters. The average molecular weight is 490 g/mol. The van der Waals surface area contributed by atoms with Gasteiger partial charge in [0.2, 0.25) is 0 Å². The standard InChI is InChI=1S/C28H27NO7/c1-4-14-35-20-11-8-18(9-12-20)26(30)24-25(19-10-13-22(34-5-2)23(16-19)33-3)29(28(32)27(24)31)17-21-7-6-15-36-21/h4,6-13,15-16,25,30H,1,5,14,17H2,2-3H3/t25-/m0/s1. The minimum atomic E-state index is -0.878. The summed E-state index contributed by atoms with van der Waals surface area (Å²) in [5.74, 6) is 0.244. The molecule has 4 rings (SSSR count). The van der Waals surface area contributed by atoms with Gasteiger partial charge >= 0.3 is 0 Å². The number of methoxy groups -OCH3 is 1. The van der Waals surface area contributed by atoms with Crippen molar-refractivity contribution in [3.8, 4) is 17.2 Å². The normalized spacial score (nSPS) is 16.7. The van der Waals surface area contributed by atoms with Crippen LogP contribution < -0.4 is 14.2 Å². The average Bonchev–Trinajstić information content (AvgIpc) is 3.50. The molecule has 36 heavy (non-hydrogen) atoms. The monoisotopic (exact) mass is 489 g/mol. The summed E-state index contributed by atoms with van der Waals surface area (Å²) < 4.78 is 22.0. The molecule has 8 heteroatoms. The van der Waals surface area contributed by atoms with Gasteiger partial charge in [0.05, 0.1) is 38.1 Å². The second kappa shape index (κ2) is 10.9. The van der Waals surface area contributed by atoms with E-state index in [2.05, 4.69) is 6.58 Å². The smallest absolute Gasteiger partial charge is 0.296 e. The van der Waals surface area contributed by atoms with E-state index in [1.807, 2.05) is 6.92 Å². The number of carbonyl (C=O) groups excluding carboxylic acids is 2. The maximum atomic E-state index is 13.2. The summed E-state index contributed by atoms with van der Waals surface area (Å²) in [6.45, 7) is 6.30. The summed E-state index contributed by atoms with van der Waals surface area (Å²) in [6.07, 6.45) is 3.12. The molecule has 3 aromatic rings. The molecule has 2 heterocycles. The molecule has 0 aliphatic carbocycles. The van der Waals surface area contributed by atoms with E-state index in [-0.39, 0.29) is 17.9 Å². The van der Waals surface area contributed by atoms with Crippen LogP contribution in [0.25, 0.3) is 5.76 Å². The molecule has 1 fully saturated rings. The van der Waals surface area contributed by atoms with Crippen LogP contribution >= 0.6 is 0 Å². The number of aliphatic hydroxyl groups is 1. The van der Waals surface area contributed by atoms with Crippen molar-refractivity contribution in [1.29, 1.82) is 0 Å². The number of rotatable bonds is 10. The number of aliphatic hydroxyl groups excluding tert-OH is 1. The SMILES string of the molecule is C=CCOc1ccc(C(O)=C2C(=O)C(=O)N(Cc3ccco3)[C@H]2c2ccc(OCC)c(OC)c2)cc1. The van der Waals surface area contributed by atoms with Gasteiger partial charge in [-0.25, -0.2) is 0 Å². The first kappa shape index (κ1) is 24.7. The molecule has 0 bridgehead atoms. The van der Waals surface area contributed by atoms with E-state index < -0.39 is 17.7 Å². The molecule has 8 nitrogen and oxygen atoms in total. The van der Waals surface area contributed by atoms with E-state index in [4.69, 9.17) is 18.6 Å². The molecule has 1 amide bonds. The van der Waals surface area contributed by atoms with Gasteiger partial charge in [0.1, 0.15) is 23.9 Å². The molecule has 0 unspecified atom stereocenters. The molecule has 1 aliphatic heterocycles. The molecule has 0 spiro atoms. The highest BCUT2D eigenvalue weighted by Gasteiger charge is 2.46. The van der Waals surface area contributed by atoms with Gasteiger partial charge in [-0.2, -0.15) is 0 Å². The lowest BCUT2D eigenvalue weighted by Gasteiger charge is -2.25. The van der Waals surface area contributed by atoms with Gasteiger partial charge in [-0.1, -0.05) is 18.7 Å². The van der Waals surface area contributed by atoms with Gasteiger partial charge in [-0.3, -0.25) is 9.59 Å². The fourth-order valence-corrected chi connectivity index (χ4v) is 4.11. The number of ketones is 1. The molecule has 1 saturated heterocycles. The van der Waals surface area contributed by atoms with Crippen molar-refractivity contribution in [1.82, 2.24) is 4.90 Å². The number of nitrogens with zero attached hydrogens (tertiary/aromatic N) is 1. The Labute approximate surface area is 209 Å². The van der Waals surface area contributed by atoms with Gasteiger partial charge in [-0.15, -0.1) is 0 Å². The lowest BCUT2D eigenvalue weighted by Crippen LogP contribution is -2.29. The lowest BCUT2D eigenvalue weighted by atomic mass is 9.95. The minimum Gasteiger partial charge on any atom is -0.507 e. The third kappa shape index (κ3) is 4.84. The topological polar surface area (TPSA) is 98.4 Å². The summed E-state index contributed by atoms with van der Waals surface area (Å²) in [6, 6.07) is 14.3. The maximum Gasteiger partial charge on any atom is 0.296 e. The Morgan fingerprint density at radius 1 is 1.11 bits per heavy atom. The first-order chi connectivity index (χ1) is 17.5. The number of ether oxygens (including phenoxy) is 3. The van der Waals surface area contributed by atoms with Gasteiger partial charge in [0.15, 0.2) is 11.5 Å². The van der Waals surface area contributed by atoms with Gasteiger partial charge in [-0.05, 0) is 61.0 Å². The van der Waals surface area contributed by atoms with Gasteiger partial charge < -0.3 is 28.6 Å². The Balaban J connectivity index is 1.82. The van der Waals surface area contributed by atoms with Gasteiger partial charge in [0.25, 0.3) is 11.7 Å². The van der Waals surface area contributed by atoms with E-state index in [0.717, 1.165) is 0 Å². The first-order valence-electron chi connectivity index (χ1n) is 11.4. The van der Waals surface area contributed by atoms with E-state index in [1.165, 1.54) is 18.3 Å². The second-order valence-electron chi connectivity index (χ2n) is 7.97. The Morgan fingerprint density at radius 2 is 1.89 bits per heavy atom. The minimum absolute atomic E-state index is 0.0301. The zero-order valence-electron chi connectivity index (χ0n) is 20.1. The van der Waals surface area contributed by atoms with Crippen LogP contribution in [0.3, 0.4) is 0 Å². The van der Waals surface area contributed by atoms with Crippen LogP contribution in [0.1, 0.15) is 29.9 Å². The molecule has 0 radical (unpaired) electrons. The van der Waals surface area contributed by atoms with Crippen LogP contribution in [0, 0.1) is 0 Å². The zero-order valence-corrected chi connectivity index (χ0v) is 20.1. The number of benzene rings is 2.